The lowest BCUT2D eigenvalue weighted by Crippen LogP contribution is -2.04. The van der Waals surface area contributed by atoms with Crippen LogP contribution in [0.2, 0.25) is 0 Å². The van der Waals surface area contributed by atoms with Crippen LogP contribution in [0.15, 0.2) is 5.41 Å². The zero-order valence-corrected chi connectivity index (χ0v) is 8.53. The van der Waals surface area contributed by atoms with Gasteiger partial charge in [-0.1, -0.05) is 0 Å². The summed E-state index contributed by atoms with van der Waals surface area (Å²) in [6.07, 6.45) is 0.0611. The van der Waals surface area contributed by atoms with Gasteiger partial charge in [-0.05, 0) is 6.08 Å². The van der Waals surface area contributed by atoms with Crippen molar-refractivity contribution in [1.82, 2.24) is 0 Å². The van der Waals surface area contributed by atoms with E-state index >= 15 is 0 Å². The van der Waals surface area contributed by atoms with Gasteiger partial charge in [0.1, 0.15) is 0 Å². The predicted molar refractivity (Wildman–Crippen MR) is 46.8 cm³/mol. The van der Waals surface area contributed by atoms with Crippen molar-refractivity contribution in [3.63, 3.8) is 0 Å². The monoisotopic (exact) mass is 274 g/mol. The quantitative estimate of drug-likeness (QED) is 0.389. The van der Waals surface area contributed by atoms with Crippen LogP contribution in [-0.2, 0) is 10.1 Å². The fourth-order valence-electron chi connectivity index (χ4n) is 0.922. The van der Waals surface area contributed by atoms with Crippen LogP contribution in [0.25, 0.3) is 6.08 Å². The van der Waals surface area contributed by atoms with E-state index in [1.807, 2.05) is 0 Å². The van der Waals surface area contributed by atoms with Gasteiger partial charge >= 0.3 is 0 Å². The first-order valence-electron chi connectivity index (χ1n) is 3.82. The third-order valence-corrected chi connectivity index (χ3v) is 2.13. The molecule has 0 saturated heterocycles. The minimum atomic E-state index is -4.74. The summed E-state index contributed by atoms with van der Waals surface area (Å²) in [5.74, 6) is -11.2. The van der Waals surface area contributed by atoms with Gasteiger partial charge in [0.25, 0.3) is 10.1 Å². The normalized spacial score (nSPS) is 12.4. The molecule has 9 heteroatoms. The molecule has 0 aromatic heterocycles. The third-order valence-electron chi connectivity index (χ3n) is 1.65. The topological polar surface area (TPSA) is 54.4 Å². The van der Waals surface area contributed by atoms with Crippen molar-refractivity contribution in [2.75, 3.05) is 0 Å². The summed E-state index contributed by atoms with van der Waals surface area (Å²) in [6, 6.07) is 0. The highest BCUT2D eigenvalue weighted by molar-refractivity contribution is 7.88. The predicted octanol–water partition coefficient (Wildman–Crippen LogP) is 2.24. The molecule has 0 aliphatic heterocycles. The molecule has 0 bridgehead atoms. The number of halogens is 5. The molecule has 0 amide bonds. The third kappa shape index (κ3) is 2.80. The highest BCUT2D eigenvalue weighted by atomic mass is 32.2. The summed E-state index contributed by atoms with van der Waals surface area (Å²) >= 11 is 0. The van der Waals surface area contributed by atoms with Crippen molar-refractivity contribution in [3.8, 4) is 0 Å². The smallest absolute Gasteiger partial charge is 0.282 e. The molecule has 1 rings (SSSR count). The lowest BCUT2D eigenvalue weighted by Gasteiger charge is -2.03. The first-order chi connectivity index (χ1) is 7.65. The Balaban J connectivity index is 3.51. The standard InChI is InChI=1S/C8H3F5O3S/c9-4-3(1-2-17(14,15)16)5(10)7(12)8(13)6(4)11/h1-2H,(H,14,15,16). The molecule has 1 N–H and O–H groups in total. The van der Waals surface area contributed by atoms with Gasteiger partial charge in [-0.25, -0.2) is 22.0 Å². The van der Waals surface area contributed by atoms with Gasteiger partial charge in [0.15, 0.2) is 23.3 Å². The van der Waals surface area contributed by atoms with Crippen molar-refractivity contribution in [2.45, 2.75) is 0 Å². The molecule has 1 aromatic carbocycles. The molecule has 3 nitrogen and oxygen atoms in total. The molecular formula is C8H3F5O3S. The van der Waals surface area contributed by atoms with E-state index < -0.39 is 44.8 Å². The summed E-state index contributed by atoms with van der Waals surface area (Å²) in [7, 11) is -4.74. The zero-order chi connectivity index (χ0) is 13.4. The van der Waals surface area contributed by atoms with Gasteiger partial charge in [-0.3, -0.25) is 4.55 Å². The van der Waals surface area contributed by atoms with Crippen molar-refractivity contribution >= 4 is 16.2 Å². The van der Waals surface area contributed by atoms with Gasteiger partial charge in [0.2, 0.25) is 5.82 Å². The number of benzene rings is 1. The fraction of sp³-hybridized carbons (Fsp3) is 0. The lowest BCUT2D eigenvalue weighted by molar-refractivity contribution is 0.377. The molecule has 94 valence electrons. The first-order valence-corrected chi connectivity index (χ1v) is 5.32. The van der Waals surface area contributed by atoms with Gasteiger partial charge < -0.3 is 0 Å². The Labute approximate surface area is 91.9 Å². The second-order valence-corrected chi connectivity index (χ2v) is 4.10. The van der Waals surface area contributed by atoms with E-state index in [9.17, 15) is 30.4 Å². The number of hydrogen-bond donors (Lipinski definition) is 1. The van der Waals surface area contributed by atoms with E-state index in [2.05, 4.69) is 0 Å². The van der Waals surface area contributed by atoms with Crippen molar-refractivity contribution < 1.29 is 34.9 Å². The molecule has 17 heavy (non-hydrogen) atoms. The Morgan fingerprint density at radius 2 is 1.18 bits per heavy atom. The summed E-state index contributed by atoms with van der Waals surface area (Å²) in [6.45, 7) is 0. The van der Waals surface area contributed by atoms with Crippen LogP contribution in [0.5, 0.6) is 0 Å². The van der Waals surface area contributed by atoms with E-state index in [1.54, 1.807) is 0 Å². The van der Waals surface area contributed by atoms with E-state index in [0.29, 0.717) is 0 Å². The van der Waals surface area contributed by atoms with Crippen molar-refractivity contribution in [1.29, 1.82) is 0 Å². The van der Waals surface area contributed by atoms with E-state index in [1.165, 1.54) is 0 Å². The Bertz CT molecular complexity index is 565. The highest BCUT2D eigenvalue weighted by Gasteiger charge is 2.24. The number of hydrogen-bond acceptors (Lipinski definition) is 2. The molecular weight excluding hydrogens is 271 g/mol. The first kappa shape index (κ1) is 13.6. The van der Waals surface area contributed by atoms with E-state index in [-0.39, 0.29) is 11.5 Å². The molecule has 1 aromatic rings. The van der Waals surface area contributed by atoms with Crippen LogP contribution in [0.1, 0.15) is 5.56 Å². The second-order valence-electron chi connectivity index (χ2n) is 2.80. The van der Waals surface area contributed by atoms with Crippen LogP contribution >= 0.6 is 0 Å². The van der Waals surface area contributed by atoms with Gasteiger partial charge in [-0.15, -0.1) is 0 Å². The summed E-state index contributed by atoms with van der Waals surface area (Å²) < 4.78 is 92.3. The lowest BCUT2D eigenvalue weighted by atomic mass is 10.1. The minimum Gasteiger partial charge on any atom is -0.282 e. The molecule has 0 heterocycles. The SMILES string of the molecule is O=S(=O)(O)C=Cc1c(F)c(F)c(F)c(F)c1F. The van der Waals surface area contributed by atoms with Crippen LogP contribution in [0.4, 0.5) is 22.0 Å². The Kier molecular flexibility index (Phi) is 3.53. The van der Waals surface area contributed by atoms with Crippen LogP contribution in [0.3, 0.4) is 0 Å². The van der Waals surface area contributed by atoms with Crippen LogP contribution < -0.4 is 0 Å². The highest BCUT2D eigenvalue weighted by Crippen LogP contribution is 2.24. The molecule has 0 saturated carbocycles. The largest absolute Gasteiger partial charge is 0.287 e. The molecule has 0 spiro atoms. The van der Waals surface area contributed by atoms with Crippen molar-refractivity contribution in [2.24, 2.45) is 0 Å². The average Bonchev–Trinajstić information content (AvgIpc) is 2.22. The molecule has 0 fully saturated rings. The second kappa shape index (κ2) is 4.41. The molecule has 0 aliphatic carbocycles. The molecule has 0 radical (unpaired) electrons. The minimum absolute atomic E-state index is 0.0611. The Hall–Kier alpha value is -1.48. The fourth-order valence-corrected chi connectivity index (χ4v) is 1.23. The molecule has 0 aliphatic rings. The summed E-state index contributed by atoms with van der Waals surface area (Å²) in [5.41, 5.74) is -1.46. The zero-order valence-electron chi connectivity index (χ0n) is 7.72. The molecule has 0 atom stereocenters. The number of rotatable bonds is 2. The maximum absolute atomic E-state index is 12.9. The van der Waals surface area contributed by atoms with Gasteiger partial charge in [0.05, 0.1) is 11.0 Å². The van der Waals surface area contributed by atoms with Crippen molar-refractivity contribution in [3.05, 3.63) is 40.1 Å². The van der Waals surface area contributed by atoms with E-state index in [4.69, 9.17) is 4.55 Å². The maximum atomic E-state index is 12.9. The molecule has 0 unspecified atom stereocenters. The maximum Gasteiger partial charge on any atom is 0.287 e. The average molecular weight is 274 g/mol. The van der Waals surface area contributed by atoms with E-state index in [0.717, 1.165) is 0 Å². The Morgan fingerprint density at radius 1 is 0.824 bits per heavy atom. The summed E-state index contributed by atoms with van der Waals surface area (Å²) in [4.78, 5) is 0. The van der Waals surface area contributed by atoms with Gasteiger partial charge in [-0.2, -0.15) is 8.42 Å². The van der Waals surface area contributed by atoms with Gasteiger partial charge in [0, 0.05) is 0 Å². The van der Waals surface area contributed by atoms with Crippen LogP contribution in [0, 0.1) is 29.1 Å². The summed E-state index contributed by atoms with van der Waals surface area (Å²) in [5, 5.41) is -0.106. The van der Waals surface area contributed by atoms with Crippen LogP contribution in [-0.4, -0.2) is 13.0 Å². The Morgan fingerprint density at radius 3 is 1.53 bits per heavy atom.